The molecule has 130 valence electrons. The Labute approximate surface area is 138 Å². The number of amides is 4. The lowest BCUT2D eigenvalue weighted by Gasteiger charge is -2.16. The van der Waals surface area contributed by atoms with Gasteiger partial charge in [0.05, 0.1) is 0 Å². The molecule has 0 aliphatic carbocycles. The lowest BCUT2D eigenvalue weighted by atomic mass is 10.1. The summed E-state index contributed by atoms with van der Waals surface area (Å²) < 4.78 is 4.63. The lowest BCUT2D eigenvalue weighted by molar-refractivity contribution is -0.129. The Kier molecular flexibility index (Phi) is 8.37. The van der Waals surface area contributed by atoms with E-state index in [4.69, 9.17) is 5.73 Å². The van der Waals surface area contributed by atoms with Crippen molar-refractivity contribution in [1.29, 1.82) is 0 Å². The predicted molar refractivity (Wildman–Crippen MR) is 85.7 cm³/mol. The molecule has 24 heavy (non-hydrogen) atoms. The average Bonchev–Trinajstić information content (AvgIpc) is 2.56. The van der Waals surface area contributed by atoms with Crippen molar-refractivity contribution in [3.05, 3.63) is 29.8 Å². The Balaban J connectivity index is 2.52. The number of hydrogen-bond donors (Lipinski definition) is 4. The van der Waals surface area contributed by atoms with E-state index in [0.717, 1.165) is 5.56 Å². The fraction of sp³-hybridized carbons (Fsp3) is 0.333. The molecule has 9 nitrogen and oxygen atoms in total. The summed E-state index contributed by atoms with van der Waals surface area (Å²) in [6.07, 6.45) is 1.27. The highest BCUT2D eigenvalue weighted by atomic mass is 16.5. The second-order valence-electron chi connectivity index (χ2n) is 4.86. The Morgan fingerprint density at radius 1 is 1.21 bits per heavy atom. The molecule has 0 bridgehead atoms. The van der Waals surface area contributed by atoms with Crippen molar-refractivity contribution in [2.75, 3.05) is 11.9 Å². The largest absolute Gasteiger partial charge is 0.463 e. The Morgan fingerprint density at radius 2 is 1.92 bits per heavy atom. The number of benzene rings is 1. The molecule has 1 unspecified atom stereocenters. The van der Waals surface area contributed by atoms with Gasteiger partial charge < -0.3 is 26.4 Å². The lowest BCUT2D eigenvalue weighted by Crippen LogP contribution is -2.40. The number of nitrogens with two attached hydrogens (primary N) is 1. The van der Waals surface area contributed by atoms with Crippen LogP contribution in [0.1, 0.15) is 18.4 Å². The van der Waals surface area contributed by atoms with Gasteiger partial charge in [-0.3, -0.25) is 14.4 Å². The van der Waals surface area contributed by atoms with Gasteiger partial charge in [0.1, 0.15) is 12.6 Å². The van der Waals surface area contributed by atoms with Crippen LogP contribution >= 0.6 is 0 Å². The third-order valence-electron chi connectivity index (χ3n) is 3.09. The summed E-state index contributed by atoms with van der Waals surface area (Å²) in [4.78, 5) is 43.5. The minimum absolute atomic E-state index is 0.153. The third-order valence-corrected chi connectivity index (χ3v) is 3.09. The van der Waals surface area contributed by atoms with E-state index in [2.05, 4.69) is 20.7 Å². The highest BCUT2D eigenvalue weighted by Gasteiger charge is 2.17. The standard InChI is InChI=1S/C15H20N4O5/c16-15(23)17-7-1-2-13(18-9-20)14(22)19-12-5-3-11(4-6-12)8-24-10-21/h3-6,9-10,13H,1-2,7-8H2,(H,18,20)(H,19,22)(H3,16,17,23). The van der Waals surface area contributed by atoms with Gasteiger partial charge in [-0.25, -0.2) is 4.79 Å². The first kappa shape index (κ1) is 18.9. The van der Waals surface area contributed by atoms with Crippen LogP contribution in [-0.4, -0.2) is 37.4 Å². The first-order valence-electron chi connectivity index (χ1n) is 7.25. The van der Waals surface area contributed by atoms with E-state index >= 15 is 0 Å². The molecule has 9 heteroatoms. The van der Waals surface area contributed by atoms with Crippen LogP contribution in [0.25, 0.3) is 0 Å². The van der Waals surface area contributed by atoms with E-state index in [0.29, 0.717) is 38.0 Å². The van der Waals surface area contributed by atoms with Gasteiger partial charge in [0.25, 0.3) is 6.47 Å². The number of carbonyl (C=O) groups is 4. The summed E-state index contributed by atoms with van der Waals surface area (Å²) in [7, 11) is 0. The second-order valence-corrected chi connectivity index (χ2v) is 4.86. The van der Waals surface area contributed by atoms with Crippen molar-refractivity contribution in [2.45, 2.75) is 25.5 Å². The van der Waals surface area contributed by atoms with E-state index in [9.17, 15) is 19.2 Å². The molecule has 0 saturated carbocycles. The van der Waals surface area contributed by atoms with Crippen LogP contribution in [0.5, 0.6) is 0 Å². The molecule has 1 aromatic rings. The average molecular weight is 336 g/mol. The molecule has 5 N–H and O–H groups in total. The molecule has 0 spiro atoms. The van der Waals surface area contributed by atoms with Crippen LogP contribution in [0, 0.1) is 0 Å². The zero-order valence-electron chi connectivity index (χ0n) is 13.0. The Bertz CT molecular complexity index is 561. The van der Waals surface area contributed by atoms with Crippen molar-refractivity contribution in [3.8, 4) is 0 Å². The molecular weight excluding hydrogens is 316 g/mol. The van der Waals surface area contributed by atoms with E-state index in [1.54, 1.807) is 24.3 Å². The molecule has 0 heterocycles. The normalized spacial score (nSPS) is 11.0. The van der Waals surface area contributed by atoms with Crippen LogP contribution < -0.4 is 21.7 Å². The van der Waals surface area contributed by atoms with Gasteiger partial charge in [0.15, 0.2) is 0 Å². The first-order chi connectivity index (χ1) is 11.6. The molecule has 0 aliphatic rings. The topological polar surface area (TPSA) is 140 Å². The number of nitrogens with one attached hydrogen (secondary N) is 3. The second kappa shape index (κ2) is 10.6. The number of anilines is 1. The van der Waals surface area contributed by atoms with Crippen molar-refractivity contribution >= 4 is 30.5 Å². The van der Waals surface area contributed by atoms with Crippen LogP contribution in [0.15, 0.2) is 24.3 Å². The Morgan fingerprint density at radius 3 is 2.50 bits per heavy atom. The number of urea groups is 1. The quantitative estimate of drug-likeness (QED) is 0.329. The number of ether oxygens (including phenoxy) is 1. The van der Waals surface area contributed by atoms with Gasteiger partial charge in [0.2, 0.25) is 12.3 Å². The fourth-order valence-electron chi connectivity index (χ4n) is 1.93. The van der Waals surface area contributed by atoms with Crippen molar-refractivity contribution < 1.29 is 23.9 Å². The first-order valence-corrected chi connectivity index (χ1v) is 7.25. The highest BCUT2D eigenvalue weighted by molar-refractivity contribution is 5.95. The van der Waals surface area contributed by atoms with Crippen LogP contribution in [0.2, 0.25) is 0 Å². The van der Waals surface area contributed by atoms with Gasteiger partial charge in [-0.15, -0.1) is 0 Å². The summed E-state index contributed by atoms with van der Waals surface area (Å²) in [5.74, 6) is -0.377. The SMILES string of the molecule is NC(=O)NCCCC(NC=O)C(=O)Nc1ccc(COC=O)cc1. The van der Waals surface area contributed by atoms with Crippen LogP contribution in [0.3, 0.4) is 0 Å². The smallest absolute Gasteiger partial charge is 0.312 e. The maximum atomic E-state index is 12.2. The minimum atomic E-state index is -0.727. The van der Waals surface area contributed by atoms with Crippen molar-refractivity contribution in [2.24, 2.45) is 5.73 Å². The van der Waals surface area contributed by atoms with E-state index in [1.165, 1.54) is 0 Å². The maximum absolute atomic E-state index is 12.2. The zero-order chi connectivity index (χ0) is 17.8. The molecule has 0 fully saturated rings. The predicted octanol–water partition coefficient (Wildman–Crippen LogP) is -0.139. The maximum Gasteiger partial charge on any atom is 0.312 e. The minimum Gasteiger partial charge on any atom is -0.463 e. The number of hydrogen-bond acceptors (Lipinski definition) is 5. The number of primary amides is 1. The van der Waals surface area contributed by atoms with E-state index < -0.39 is 12.1 Å². The Hall–Kier alpha value is -3.10. The van der Waals surface area contributed by atoms with Crippen molar-refractivity contribution in [1.82, 2.24) is 10.6 Å². The molecular formula is C15H20N4O5. The molecule has 0 aromatic heterocycles. The van der Waals surface area contributed by atoms with Gasteiger partial charge >= 0.3 is 6.03 Å². The van der Waals surface area contributed by atoms with E-state index in [1.807, 2.05) is 0 Å². The molecule has 0 radical (unpaired) electrons. The molecule has 4 amide bonds. The fourth-order valence-corrected chi connectivity index (χ4v) is 1.93. The highest BCUT2D eigenvalue weighted by Crippen LogP contribution is 2.11. The molecule has 1 aromatic carbocycles. The summed E-state index contributed by atoms with van der Waals surface area (Å²) in [6.45, 7) is 0.823. The molecule has 1 rings (SSSR count). The van der Waals surface area contributed by atoms with Gasteiger partial charge in [-0.05, 0) is 30.5 Å². The van der Waals surface area contributed by atoms with Gasteiger partial charge in [0, 0.05) is 12.2 Å². The summed E-state index contributed by atoms with van der Waals surface area (Å²) in [5.41, 5.74) is 6.27. The van der Waals surface area contributed by atoms with Crippen LogP contribution in [0.4, 0.5) is 10.5 Å². The summed E-state index contributed by atoms with van der Waals surface area (Å²) in [6, 6.07) is 5.37. The monoisotopic (exact) mass is 336 g/mol. The van der Waals surface area contributed by atoms with Gasteiger partial charge in [-0.2, -0.15) is 0 Å². The van der Waals surface area contributed by atoms with Crippen LogP contribution in [-0.2, 0) is 25.7 Å². The molecule has 0 aliphatic heterocycles. The zero-order valence-corrected chi connectivity index (χ0v) is 13.0. The van der Waals surface area contributed by atoms with Gasteiger partial charge in [-0.1, -0.05) is 12.1 Å². The third kappa shape index (κ3) is 7.25. The number of carbonyl (C=O) groups excluding carboxylic acids is 4. The summed E-state index contributed by atoms with van der Waals surface area (Å²) in [5, 5.41) is 7.52. The summed E-state index contributed by atoms with van der Waals surface area (Å²) >= 11 is 0. The van der Waals surface area contributed by atoms with Crippen molar-refractivity contribution in [3.63, 3.8) is 0 Å². The van der Waals surface area contributed by atoms with E-state index in [-0.39, 0.29) is 12.5 Å². The number of rotatable bonds is 11. The molecule has 0 saturated heterocycles. The molecule has 1 atom stereocenters.